The third-order valence-corrected chi connectivity index (χ3v) is 3.87. The fraction of sp³-hybridized carbons (Fsp3) is 0.562. The van der Waals surface area contributed by atoms with E-state index in [4.69, 9.17) is 0 Å². The van der Waals surface area contributed by atoms with Crippen molar-refractivity contribution in [1.29, 1.82) is 0 Å². The van der Waals surface area contributed by atoms with Crippen LogP contribution < -0.4 is 10.6 Å². The van der Waals surface area contributed by atoms with Crippen LogP contribution in [0.2, 0.25) is 0 Å². The fourth-order valence-electron chi connectivity index (χ4n) is 2.70. The number of nitrogens with one attached hydrogen (secondary N) is 2. The van der Waals surface area contributed by atoms with Gasteiger partial charge < -0.3 is 10.6 Å². The summed E-state index contributed by atoms with van der Waals surface area (Å²) in [6.07, 6.45) is 3.50. The number of piperidine rings is 1. The zero-order valence-electron chi connectivity index (χ0n) is 11.9. The highest BCUT2D eigenvalue weighted by atomic mass is 16.1. The quantitative estimate of drug-likeness (QED) is 0.871. The molecule has 1 fully saturated rings. The number of carbonyl (C=O) groups is 1. The Morgan fingerprint density at radius 2 is 2.21 bits per heavy atom. The first-order valence-corrected chi connectivity index (χ1v) is 7.22. The molecule has 2 atom stereocenters. The van der Waals surface area contributed by atoms with Crippen molar-refractivity contribution in [2.24, 2.45) is 0 Å². The number of amides is 1. The molecule has 1 aliphatic rings. The molecule has 1 saturated heterocycles. The van der Waals surface area contributed by atoms with Gasteiger partial charge in [-0.3, -0.25) is 4.79 Å². The molecule has 1 aromatic carbocycles. The molecule has 104 valence electrons. The van der Waals surface area contributed by atoms with Gasteiger partial charge in [0.25, 0.3) is 0 Å². The summed E-state index contributed by atoms with van der Waals surface area (Å²) in [5.74, 6) is 0.183. The van der Waals surface area contributed by atoms with Gasteiger partial charge in [-0.05, 0) is 50.8 Å². The molecule has 19 heavy (non-hydrogen) atoms. The van der Waals surface area contributed by atoms with E-state index in [1.54, 1.807) is 0 Å². The normalized spacial score (nSPS) is 23.1. The van der Waals surface area contributed by atoms with Crippen molar-refractivity contribution in [2.75, 3.05) is 6.54 Å². The topological polar surface area (TPSA) is 41.1 Å². The molecule has 1 aliphatic heterocycles. The zero-order valence-corrected chi connectivity index (χ0v) is 11.9. The summed E-state index contributed by atoms with van der Waals surface area (Å²) in [5, 5.41) is 6.56. The number of hydrogen-bond donors (Lipinski definition) is 2. The number of aryl methyl sites for hydroxylation is 2. The van der Waals surface area contributed by atoms with Gasteiger partial charge in [-0.1, -0.05) is 24.3 Å². The lowest BCUT2D eigenvalue weighted by Gasteiger charge is -2.28. The van der Waals surface area contributed by atoms with E-state index in [0.29, 0.717) is 18.5 Å². The second-order valence-electron chi connectivity index (χ2n) is 5.57. The molecule has 0 aromatic heterocycles. The zero-order chi connectivity index (χ0) is 13.7. The lowest BCUT2D eigenvalue weighted by atomic mass is 10.00. The molecule has 0 radical (unpaired) electrons. The second kappa shape index (κ2) is 6.71. The van der Waals surface area contributed by atoms with Crippen LogP contribution in [0.15, 0.2) is 24.3 Å². The standard InChI is InChI=1S/C16H24N2O/c1-12-5-3-4-6-14(12)7-8-16(19)18-15-9-10-17-13(2)11-15/h3-6,13,15,17H,7-11H2,1-2H3,(H,18,19). The van der Waals surface area contributed by atoms with Crippen molar-refractivity contribution in [2.45, 2.75) is 51.6 Å². The summed E-state index contributed by atoms with van der Waals surface area (Å²) in [7, 11) is 0. The summed E-state index contributed by atoms with van der Waals surface area (Å²) in [6, 6.07) is 9.14. The van der Waals surface area contributed by atoms with E-state index >= 15 is 0 Å². The van der Waals surface area contributed by atoms with E-state index in [1.165, 1.54) is 11.1 Å². The van der Waals surface area contributed by atoms with Gasteiger partial charge in [0, 0.05) is 18.5 Å². The van der Waals surface area contributed by atoms with Crippen LogP contribution in [0, 0.1) is 6.92 Å². The Kier molecular flexibility index (Phi) is 4.97. The third-order valence-electron chi connectivity index (χ3n) is 3.87. The third kappa shape index (κ3) is 4.35. The number of carbonyl (C=O) groups excluding carboxylic acids is 1. The predicted molar refractivity (Wildman–Crippen MR) is 78.1 cm³/mol. The molecular weight excluding hydrogens is 236 g/mol. The van der Waals surface area contributed by atoms with Gasteiger partial charge in [0.15, 0.2) is 0 Å². The molecule has 1 heterocycles. The van der Waals surface area contributed by atoms with E-state index in [9.17, 15) is 4.79 Å². The molecule has 2 N–H and O–H groups in total. The Morgan fingerprint density at radius 3 is 2.95 bits per heavy atom. The van der Waals surface area contributed by atoms with Crippen LogP contribution in [0.25, 0.3) is 0 Å². The molecule has 0 bridgehead atoms. The van der Waals surface area contributed by atoms with Gasteiger partial charge in [0.1, 0.15) is 0 Å². The minimum atomic E-state index is 0.183. The molecule has 3 heteroatoms. The Hall–Kier alpha value is -1.35. The first-order chi connectivity index (χ1) is 9.15. The van der Waals surface area contributed by atoms with Gasteiger partial charge in [-0.15, -0.1) is 0 Å². The van der Waals surface area contributed by atoms with E-state index in [-0.39, 0.29) is 5.91 Å². The van der Waals surface area contributed by atoms with Crippen molar-refractivity contribution >= 4 is 5.91 Å². The van der Waals surface area contributed by atoms with Gasteiger partial charge in [-0.25, -0.2) is 0 Å². The molecule has 2 unspecified atom stereocenters. The van der Waals surface area contributed by atoms with Crippen LogP contribution in [0.5, 0.6) is 0 Å². The molecule has 2 rings (SSSR count). The number of hydrogen-bond acceptors (Lipinski definition) is 2. The average Bonchev–Trinajstić information content (AvgIpc) is 2.38. The van der Waals surface area contributed by atoms with E-state index < -0.39 is 0 Å². The number of benzene rings is 1. The maximum absolute atomic E-state index is 12.0. The van der Waals surface area contributed by atoms with Crippen molar-refractivity contribution < 1.29 is 4.79 Å². The van der Waals surface area contributed by atoms with Crippen LogP contribution in [-0.4, -0.2) is 24.5 Å². The van der Waals surface area contributed by atoms with Gasteiger partial charge in [0.05, 0.1) is 0 Å². The van der Waals surface area contributed by atoms with E-state index in [1.807, 2.05) is 12.1 Å². The molecular formula is C16H24N2O. The SMILES string of the molecule is Cc1ccccc1CCC(=O)NC1CCNC(C)C1. The Morgan fingerprint density at radius 1 is 1.42 bits per heavy atom. The molecule has 1 aromatic rings. The van der Waals surface area contributed by atoms with Crippen molar-refractivity contribution in [1.82, 2.24) is 10.6 Å². The average molecular weight is 260 g/mol. The highest BCUT2D eigenvalue weighted by molar-refractivity contribution is 5.76. The predicted octanol–water partition coefficient (Wildman–Crippen LogP) is 2.18. The van der Waals surface area contributed by atoms with Crippen LogP contribution in [0.1, 0.15) is 37.3 Å². The largest absolute Gasteiger partial charge is 0.353 e. The minimum absolute atomic E-state index is 0.183. The van der Waals surface area contributed by atoms with Gasteiger partial charge >= 0.3 is 0 Å². The van der Waals surface area contributed by atoms with Crippen LogP contribution in [-0.2, 0) is 11.2 Å². The van der Waals surface area contributed by atoms with Crippen LogP contribution >= 0.6 is 0 Å². The molecule has 0 spiro atoms. The van der Waals surface area contributed by atoms with Crippen molar-refractivity contribution in [3.8, 4) is 0 Å². The summed E-state index contributed by atoms with van der Waals surface area (Å²) in [6.45, 7) is 5.28. The second-order valence-corrected chi connectivity index (χ2v) is 5.57. The number of rotatable bonds is 4. The van der Waals surface area contributed by atoms with E-state index in [0.717, 1.165) is 25.8 Å². The molecule has 0 aliphatic carbocycles. The smallest absolute Gasteiger partial charge is 0.220 e. The monoisotopic (exact) mass is 260 g/mol. The summed E-state index contributed by atoms with van der Waals surface area (Å²) in [5.41, 5.74) is 2.54. The van der Waals surface area contributed by atoms with Crippen molar-refractivity contribution in [3.05, 3.63) is 35.4 Å². The van der Waals surface area contributed by atoms with Gasteiger partial charge in [-0.2, -0.15) is 0 Å². The minimum Gasteiger partial charge on any atom is -0.353 e. The maximum Gasteiger partial charge on any atom is 0.220 e. The maximum atomic E-state index is 12.0. The summed E-state index contributed by atoms with van der Waals surface area (Å²) in [4.78, 5) is 12.0. The Balaban J connectivity index is 1.77. The fourth-order valence-corrected chi connectivity index (χ4v) is 2.70. The lowest BCUT2D eigenvalue weighted by Crippen LogP contribution is -2.46. The van der Waals surface area contributed by atoms with Gasteiger partial charge in [0.2, 0.25) is 5.91 Å². The van der Waals surface area contributed by atoms with Crippen LogP contribution in [0.3, 0.4) is 0 Å². The molecule has 3 nitrogen and oxygen atoms in total. The Labute approximate surface area is 115 Å². The highest BCUT2D eigenvalue weighted by Gasteiger charge is 2.19. The molecule has 0 saturated carbocycles. The lowest BCUT2D eigenvalue weighted by molar-refractivity contribution is -0.122. The summed E-state index contributed by atoms with van der Waals surface area (Å²) >= 11 is 0. The van der Waals surface area contributed by atoms with E-state index in [2.05, 4.69) is 36.6 Å². The van der Waals surface area contributed by atoms with Crippen LogP contribution in [0.4, 0.5) is 0 Å². The van der Waals surface area contributed by atoms with Crippen molar-refractivity contribution in [3.63, 3.8) is 0 Å². The first kappa shape index (κ1) is 14.1. The first-order valence-electron chi connectivity index (χ1n) is 7.22. The summed E-state index contributed by atoms with van der Waals surface area (Å²) < 4.78 is 0. The highest BCUT2D eigenvalue weighted by Crippen LogP contribution is 2.11. The Bertz CT molecular complexity index is 431. The molecule has 1 amide bonds.